The Morgan fingerprint density at radius 3 is 2.52 bits per heavy atom. The van der Waals surface area contributed by atoms with Crippen LogP contribution in [0, 0.1) is 6.92 Å². The summed E-state index contributed by atoms with van der Waals surface area (Å²) < 4.78 is 2.15. The van der Waals surface area contributed by atoms with Gasteiger partial charge in [0.05, 0.1) is 5.69 Å². The molecule has 2 aromatic carbocycles. The van der Waals surface area contributed by atoms with Gasteiger partial charge in [0.15, 0.2) is 5.11 Å². The summed E-state index contributed by atoms with van der Waals surface area (Å²) in [6, 6.07) is 15.4. The van der Waals surface area contributed by atoms with Crippen molar-refractivity contribution < 1.29 is 9.59 Å². The fourth-order valence-electron chi connectivity index (χ4n) is 3.56. The number of para-hydroxylation sites is 1. The zero-order chi connectivity index (χ0) is 20.5. The van der Waals surface area contributed by atoms with Crippen LogP contribution in [0.15, 0.2) is 60.3 Å². The van der Waals surface area contributed by atoms with Crippen molar-refractivity contribution >= 4 is 51.8 Å². The van der Waals surface area contributed by atoms with Gasteiger partial charge in [-0.2, -0.15) is 0 Å². The number of anilines is 1. The van der Waals surface area contributed by atoms with Gasteiger partial charge in [-0.05, 0) is 49.8 Å². The van der Waals surface area contributed by atoms with E-state index in [1.807, 2.05) is 61.7 Å². The zero-order valence-corrected chi connectivity index (χ0v) is 17.1. The third kappa shape index (κ3) is 3.47. The number of nitrogens with zero attached hydrogens (tertiary/aromatic N) is 2. The van der Waals surface area contributed by atoms with E-state index in [9.17, 15) is 9.59 Å². The minimum Gasteiger partial charge on any atom is -0.347 e. The average molecular weight is 404 g/mol. The van der Waals surface area contributed by atoms with Crippen molar-refractivity contribution in [3.63, 3.8) is 0 Å². The summed E-state index contributed by atoms with van der Waals surface area (Å²) in [6.45, 7) is 4.95. The first-order valence-electron chi connectivity index (χ1n) is 9.55. The molecule has 0 atom stereocenters. The number of hydrogen-bond acceptors (Lipinski definition) is 3. The van der Waals surface area contributed by atoms with Crippen LogP contribution in [0.4, 0.5) is 5.69 Å². The molecule has 4 rings (SSSR count). The van der Waals surface area contributed by atoms with E-state index in [-0.39, 0.29) is 10.7 Å². The molecule has 146 valence electrons. The highest BCUT2D eigenvalue weighted by atomic mass is 32.1. The molecule has 1 aromatic heterocycles. The lowest BCUT2D eigenvalue weighted by atomic mass is 10.1. The van der Waals surface area contributed by atoms with Crippen molar-refractivity contribution in [2.24, 2.45) is 0 Å². The van der Waals surface area contributed by atoms with Gasteiger partial charge in [0, 0.05) is 29.2 Å². The predicted molar refractivity (Wildman–Crippen MR) is 120 cm³/mol. The first kappa shape index (κ1) is 19.1. The molecule has 6 heteroatoms. The van der Waals surface area contributed by atoms with Gasteiger partial charge in [0.1, 0.15) is 5.57 Å². The molecule has 3 aromatic rings. The molecule has 1 fully saturated rings. The van der Waals surface area contributed by atoms with Crippen LogP contribution in [-0.4, -0.2) is 21.5 Å². The third-order valence-electron chi connectivity index (χ3n) is 4.98. The van der Waals surface area contributed by atoms with E-state index in [1.165, 1.54) is 4.90 Å². The second-order valence-corrected chi connectivity index (χ2v) is 7.48. The van der Waals surface area contributed by atoms with E-state index in [4.69, 9.17) is 12.2 Å². The number of hydrogen-bond donors (Lipinski definition) is 1. The smallest absolute Gasteiger partial charge is 0.270 e. The Morgan fingerprint density at radius 2 is 1.79 bits per heavy atom. The Balaban J connectivity index is 1.79. The number of rotatable bonds is 4. The number of carbonyl (C=O) groups is 2. The van der Waals surface area contributed by atoms with Gasteiger partial charge in [-0.1, -0.05) is 42.8 Å². The second-order valence-electron chi connectivity index (χ2n) is 7.09. The van der Waals surface area contributed by atoms with E-state index in [0.29, 0.717) is 5.69 Å². The summed E-state index contributed by atoms with van der Waals surface area (Å²) in [7, 11) is 0. The quantitative estimate of drug-likeness (QED) is 0.404. The second kappa shape index (κ2) is 7.64. The number of aryl methyl sites for hydroxylation is 2. The minimum absolute atomic E-state index is 0.0681. The molecule has 1 N–H and O–H groups in total. The number of aromatic nitrogens is 1. The molecule has 1 saturated heterocycles. The van der Waals surface area contributed by atoms with Gasteiger partial charge in [0.2, 0.25) is 0 Å². The Bertz CT molecular complexity index is 1160. The van der Waals surface area contributed by atoms with E-state index in [2.05, 4.69) is 16.8 Å². The maximum absolute atomic E-state index is 13.2. The lowest BCUT2D eigenvalue weighted by Gasteiger charge is -2.29. The Hall–Kier alpha value is -3.25. The van der Waals surface area contributed by atoms with Crippen molar-refractivity contribution in [2.45, 2.75) is 26.8 Å². The lowest BCUT2D eigenvalue weighted by molar-refractivity contribution is -0.122. The first-order valence-corrected chi connectivity index (χ1v) is 9.96. The molecule has 29 heavy (non-hydrogen) atoms. The average Bonchev–Trinajstić information content (AvgIpc) is 3.04. The topological polar surface area (TPSA) is 54.3 Å². The molecule has 1 aliphatic heterocycles. The number of carbonyl (C=O) groups excluding carboxylic acids is 2. The maximum atomic E-state index is 13.2. The van der Waals surface area contributed by atoms with Crippen LogP contribution < -0.4 is 10.2 Å². The van der Waals surface area contributed by atoms with Crippen LogP contribution in [0.3, 0.4) is 0 Å². The third-order valence-corrected chi connectivity index (χ3v) is 5.26. The summed E-state index contributed by atoms with van der Waals surface area (Å²) in [5, 5.41) is 3.74. The number of nitrogens with one attached hydrogen (secondary N) is 1. The largest absolute Gasteiger partial charge is 0.347 e. The lowest BCUT2D eigenvalue weighted by Crippen LogP contribution is -2.54. The molecule has 5 nitrogen and oxygen atoms in total. The van der Waals surface area contributed by atoms with E-state index >= 15 is 0 Å². The number of thiocarbonyl (C=S) groups is 1. The van der Waals surface area contributed by atoms with Crippen LogP contribution >= 0.6 is 12.2 Å². The van der Waals surface area contributed by atoms with Crippen molar-refractivity contribution in [1.29, 1.82) is 0 Å². The Labute approximate surface area is 174 Å². The van der Waals surface area contributed by atoms with Crippen LogP contribution in [0.2, 0.25) is 0 Å². The molecule has 0 spiro atoms. The van der Waals surface area contributed by atoms with Crippen LogP contribution in [0.25, 0.3) is 17.0 Å². The van der Waals surface area contributed by atoms with Crippen LogP contribution in [0.1, 0.15) is 24.5 Å². The monoisotopic (exact) mass is 403 g/mol. The van der Waals surface area contributed by atoms with Crippen LogP contribution in [0.5, 0.6) is 0 Å². The van der Waals surface area contributed by atoms with Gasteiger partial charge in [-0.3, -0.25) is 19.8 Å². The summed E-state index contributed by atoms with van der Waals surface area (Å²) in [6.07, 6.45) is 4.64. The van der Waals surface area contributed by atoms with Crippen molar-refractivity contribution in [2.75, 3.05) is 4.90 Å². The number of fused-ring (bicyclic) bond motifs is 1. The molecule has 0 radical (unpaired) electrons. The standard InChI is InChI=1S/C23H21N3O2S/c1-3-12-25-14-16(18-6-4-5-7-20(18)25)13-19-21(27)24-23(29)26(22(19)28)17-10-8-15(2)9-11-17/h4-11,13-14H,3,12H2,1-2H3,(H,24,27,29)/b19-13-. The molecule has 0 saturated carbocycles. The highest BCUT2D eigenvalue weighted by molar-refractivity contribution is 7.80. The molecular formula is C23H21N3O2S. The normalized spacial score (nSPS) is 16.0. The Kier molecular flexibility index (Phi) is 5.03. The van der Waals surface area contributed by atoms with Gasteiger partial charge in [0.25, 0.3) is 11.8 Å². The van der Waals surface area contributed by atoms with E-state index in [0.717, 1.165) is 35.0 Å². The number of benzene rings is 2. The molecule has 0 aliphatic carbocycles. The maximum Gasteiger partial charge on any atom is 0.270 e. The van der Waals surface area contributed by atoms with E-state index in [1.54, 1.807) is 6.08 Å². The van der Waals surface area contributed by atoms with Crippen LogP contribution in [-0.2, 0) is 16.1 Å². The molecule has 0 unspecified atom stereocenters. The van der Waals surface area contributed by atoms with Crippen molar-refractivity contribution in [1.82, 2.24) is 9.88 Å². The minimum atomic E-state index is -0.476. The van der Waals surface area contributed by atoms with Crippen molar-refractivity contribution in [3.8, 4) is 0 Å². The van der Waals surface area contributed by atoms with Gasteiger partial charge >= 0.3 is 0 Å². The first-order chi connectivity index (χ1) is 14.0. The SMILES string of the molecule is CCCn1cc(/C=C2/C(=O)NC(=S)N(c3ccc(C)cc3)C2=O)c2ccccc21. The van der Waals surface area contributed by atoms with E-state index < -0.39 is 11.8 Å². The van der Waals surface area contributed by atoms with Gasteiger partial charge in [-0.15, -0.1) is 0 Å². The molecular weight excluding hydrogens is 382 g/mol. The predicted octanol–water partition coefficient (Wildman–Crippen LogP) is 4.19. The zero-order valence-electron chi connectivity index (χ0n) is 16.3. The summed E-state index contributed by atoms with van der Waals surface area (Å²) >= 11 is 5.27. The molecule has 2 amide bonds. The molecule has 2 heterocycles. The highest BCUT2D eigenvalue weighted by Gasteiger charge is 2.34. The highest BCUT2D eigenvalue weighted by Crippen LogP contribution is 2.27. The summed E-state index contributed by atoms with van der Waals surface area (Å²) in [5.74, 6) is -0.898. The number of amides is 2. The fourth-order valence-corrected chi connectivity index (χ4v) is 3.84. The Morgan fingerprint density at radius 1 is 1.07 bits per heavy atom. The van der Waals surface area contributed by atoms with Gasteiger partial charge < -0.3 is 4.57 Å². The molecule has 0 bridgehead atoms. The molecule has 1 aliphatic rings. The van der Waals surface area contributed by atoms with Crippen molar-refractivity contribution in [3.05, 3.63) is 71.4 Å². The summed E-state index contributed by atoms with van der Waals surface area (Å²) in [5.41, 5.74) is 3.69. The van der Waals surface area contributed by atoms with Gasteiger partial charge in [-0.25, -0.2) is 0 Å². The summed E-state index contributed by atoms with van der Waals surface area (Å²) in [4.78, 5) is 27.2. The fraction of sp³-hybridized carbons (Fsp3) is 0.174.